The molecule has 0 saturated carbocycles. The van der Waals surface area contributed by atoms with Gasteiger partial charge in [0.05, 0.1) is 17.5 Å². The maximum Gasteiger partial charge on any atom is 0.327 e. The number of rotatable bonds is 3. The standard InChI is InChI=1S/C21H22N8O3/c1-27-11-13(16-10-22-12-24-16)9-15(19(27)30)25-20(31)28-7-4-14(5-8-28)29-17-3-2-6-23-18(17)26-21(29)32/h2-3,6,9-12,14H,4-5,7-8H2,1H3,(H,22,24)(H,25,31)(H,23,26,32). The fourth-order valence-electron chi connectivity index (χ4n) is 4.20. The summed E-state index contributed by atoms with van der Waals surface area (Å²) in [7, 11) is 1.63. The van der Waals surface area contributed by atoms with Gasteiger partial charge in [0.2, 0.25) is 0 Å². The first-order chi connectivity index (χ1) is 15.5. The number of hydrogen-bond acceptors (Lipinski definition) is 5. The van der Waals surface area contributed by atoms with E-state index in [2.05, 4.69) is 25.3 Å². The van der Waals surface area contributed by atoms with Crippen molar-refractivity contribution in [3.8, 4) is 11.3 Å². The molecule has 4 aromatic heterocycles. The number of aromatic amines is 2. The zero-order valence-corrected chi connectivity index (χ0v) is 17.4. The lowest BCUT2D eigenvalue weighted by Crippen LogP contribution is -2.43. The third-order valence-electron chi connectivity index (χ3n) is 5.83. The maximum atomic E-state index is 12.9. The topological polar surface area (TPSA) is 134 Å². The predicted octanol–water partition coefficient (Wildman–Crippen LogP) is 1.68. The fraction of sp³-hybridized carbons (Fsp3) is 0.286. The number of piperidine rings is 1. The number of imidazole rings is 2. The zero-order chi connectivity index (χ0) is 22.2. The van der Waals surface area contributed by atoms with Crippen LogP contribution in [0, 0.1) is 0 Å². The highest BCUT2D eigenvalue weighted by Crippen LogP contribution is 2.25. The Morgan fingerprint density at radius 3 is 2.78 bits per heavy atom. The number of anilines is 1. The Morgan fingerprint density at radius 1 is 1.22 bits per heavy atom. The molecule has 164 valence electrons. The minimum Gasteiger partial charge on any atom is -0.351 e. The summed E-state index contributed by atoms with van der Waals surface area (Å²) in [6.45, 7) is 0.935. The van der Waals surface area contributed by atoms with Crippen molar-refractivity contribution < 1.29 is 4.79 Å². The van der Waals surface area contributed by atoms with Gasteiger partial charge in [0.25, 0.3) is 5.56 Å². The fourth-order valence-corrected chi connectivity index (χ4v) is 4.20. The highest BCUT2D eigenvalue weighted by Gasteiger charge is 2.26. The molecule has 11 nitrogen and oxygen atoms in total. The largest absolute Gasteiger partial charge is 0.351 e. The Bertz CT molecular complexity index is 1390. The Hall–Kier alpha value is -4.15. The molecule has 1 aliphatic heterocycles. The Kier molecular flexibility index (Phi) is 4.85. The molecule has 5 heterocycles. The SMILES string of the molecule is Cn1cc(-c2c[nH]cn2)cc(NC(=O)N2CCC(n3c(=O)[nH]c4ncccc43)CC2)c1=O. The van der Waals surface area contributed by atoms with Gasteiger partial charge in [-0.15, -0.1) is 0 Å². The number of hydrogen-bond donors (Lipinski definition) is 3. The summed E-state index contributed by atoms with van der Waals surface area (Å²) < 4.78 is 3.14. The second kappa shape index (κ2) is 7.84. The zero-order valence-electron chi connectivity index (χ0n) is 17.4. The van der Waals surface area contributed by atoms with Crippen molar-refractivity contribution in [1.82, 2.24) is 34.0 Å². The van der Waals surface area contributed by atoms with Gasteiger partial charge in [-0.2, -0.15) is 0 Å². The summed E-state index contributed by atoms with van der Waals surface area (Å²) in [4.78, 5) is 53.5. The number of urea groups is 1. The van der Waals surface area contributed by atoms with E-state index in [-0.39, 0.29) is 29.0 Å². The van der Waals surface area contributed by atoms with Gasteiger partial charge in [-0.25, -0.2) is 19.6 Å². The second-order valence-electron chi connectivity index (χ2n) is 7.83. The first-order valence-electron chi connectivity index (χ1n) is 10.3. The van der Waals surface area contributed by atoms with Crippen LogP contribution in [0.15, 0.2) is 52.7 Å². The van der Waals surface area contributed by atoms with Crippen LogP contribution in [0.5, 0.6) is 0 Å². The molecule has 1 saturated heterocycles. The average molecular weight is 434 g/mol. The molecule has 2 amide bonds. The lowest BCUT2D eigenvalue weighted by atomic mass is 10.0. The van der Waals surface area contributed by atoms with E-state index < -0.39 is 0 Å². The van der Waals surface area contributed by atoms with E-state index in [0.717, 1.165) is 11.1 Å². The monoisotopic (exact) mass is 434 g/mol. The van der Waals surface area contributed by atoms with Crippen LogP contribution in [0.1, 0.15) is 18.9 Å². The molecule has 1 fully saturated rings. The number of aryl methyl sites for hydroxylation is 1. The minimum atomic E-state index is -0.340. The number of nitrogens with zero attached hydrogens (tertiary/aromatic N) is 5. The molecule has 11 heteroatoms. The van der Waals surface area contributed by atoms with Crippen LogP contribution >= 0.6 is 0 Å². The number of carbonyl (C=O) groups is 1. The molecular weight excluding hydrogens is 412 g/mol. The van der Waals surface area contributed by atoms with Gasteiger partial charge in [0.15, 0.2) is 5.65 Å². The minimum absolute atomic E-state index is 0.0274. The highest BCUT2D eigenvalue weighted by molar-refractivity contribution is 5.90. The smallest absolute Gasteiger partial charge is 0.327 e. The number of amides is 2. The highest BCUT2D eigenvalue weighted by atomic mass is 16.2. The van der Waals surface area contributed by atoms with E-state index in [1.807, 2.05) is 6.07 Å². The second-order valence-corrected chi connectivity index (χ2v) is 7.83. The normalized spacial score (nSPS) is 14.7. The van der Waals surface area contributed by atoms with Gasteiger partial charge < -0.3 is 19.8 Å². The van der Waals surface area contributed by atoms with Crippen molar-refractivity contribution in [3.63, 3.8) is 0 Å². The van der Waals surface area contributed by atoms with E-state index in [9.17, 15) is 14.4 Å². The lowest BCUT2D eigenvalue weighted by Gasteiger charge is -2.32. The van der Waals surface area contributed by atoms with Crippen molar-refractivity contribution in [2.45, 2.75) is 18.9 Å². The van der Waals surface area contributed by atoms with Crippen LogP contribution in [-0.4, -0.2) is 53.1 Å². The molecule has 0 unspecified atom stereocenters. The quantitative estimate of drug-likeness (QED) is 0.451. The summed E-state index contributed by atoms with van der Waals surface area (Å²) in [5.41, 5.74) is 2.42. The van der Waals surface area contributed by atoms with Gasteiger partial charge in [0, 0.05) is 50.3 Å². The third-order valence-corrected chi connectivity index (χ3v) is 5.83. The molecule has 0 spiro atoms. The van der Waals surface area contributed by atoms with E-state index in [1.165, 1.54) is 4.57 Å². The van der Waals surface area contributed by atoms with Crippen molar-refractivity contribution in [3.05, 3.63) is 64.0 Å². The number of H-pyrrole nitrogens is 2. The molecule has 0 atom stereocenters. The van der Waals surface area contributed by atoms with Crippen LogP contribution in [0.4, 0.5) is 10.5 Å². The Morgan fingerprint density at radius 2 is 2.03 bits per heavy atom. The first-order valence-corrected chi connectivity index (χ1v) is 10.3. The van der Waals surface area contributed by atoms with Crippen molar-refractivity contribution in [1.29, 1.82) is 0 Å². The Balaban J connectivity index is 1.31. The molecule has 5 rings (SSSR count). The van der Waals surface area contributed by atoms with Crippen molar-refractivity contribution >= 4 is 22.9 Å². The molecule has 4 aromatic rings. The third kappa shape index (κ3) is 3.47. The predicted molar refractivity (Wildman–Crippen MR) is 118 cm³/mol. The van der Waals surface area contributed by atoms with Gasteiger partial charge >= 0.3 is 11.7 Å². The van der Waals surface area contributed by atoms with Crippen LogP contribution in [-0.2, 0) is 7.05 Å². The number of fused-ring (bicyclic) bond motifs is 1. The van der Waals surface area contributed by atoms with Crippen molar-refractivity contribution in [2.24, 2.45) is 7.05 Å². The molecule has 0 radical (unpaired) electrons. The van der Waals surface area contributed by atoms with Gasteiger partial charge in [0.1, 0.15) is 5.69 Å². The summed E-state index contributed by atoms with van der Waals surface area (Å²) in [5.74, 6) is 0. The molecule has 0 bridgehead atoms. The van der Waals surface area contributed by atoms with E-state index in [1.54, 1.807) is 53.6 Å². The van der Waals surface area contributed by atoms with Crippen LogP contribution < -0.4 is 16.6 Å². The van der Waals surface area contributed by atoms with Gasteiger partial charge in [-0.3, -0.25) is 14.3 Å². The van der Waals surface area contributed by atoms with Gasteiger partial charge in [-0.05, 0) is 31.0 Å². The van der Waals surface area contributed by atoms with Crippen molar-refractivity contribution in [2.75, 3.05) is 18.4 Å². The first kappa shape index (κ1) is 19.8. The molecule has 0 aliphatic carbocycles. The molecule has 3 N–H and O–H groups in total. The lowest BCUT2D eigenvalue weighted by molar-refractivity contribution is 0.184. The van der Waals surface area contributed by atoms with E-state index in [0.29, 0.717) is 37.3 Å². The molecule has 32 heavy (non-hydrogen) atoms. The molecular formula is C21H22N8O3. The number of pyridine rings is 2. The average Bonchev–Trinajstić information content (AvgIpc) is 3.44. The summed E-state index contributed by atoms with van der Waals surface area (Å²) in [6.07, 6.45) is 7.84. The number of carbonyl (C=O) groups excluding carboxylic acids is 1. The summed E-state index contributed by atoms with van der Waals surface area (Å²) >= 11 is 0. The Labute approximate surface area is 181 Å². The maximum absolute atomic E-state index is 12.9. The van der Waals surface area contributed by atoms with Crippen LogP contribution in [0.25, 0.3) is 22.4 Å². The molecule has 1 aliphatic rings. The number of nitrogens with one attached hydrogen (secondary N) is 3. The number of aromatic nitrogens is 6. The summed E-state index contributed by atoms with van der Waals surface area (Å²) in [5, 5.41) is 2.74. The molecule has 0 aromatic carbocycles. The van der Waals surface area contributed by atoms with Crippen LogP contribution in [0.2, 0.25) is 0 Å². The van der Waals surface area contributed by atoms with E-state index in [4.69, 9.17) is 0 Å². The van der Waals surface area contributed by atoms with E-state index >= 15 is 0 Å². The summed E-state index contributed by atoms with van der Waals surface area (Å²) in [6, 6.07) is 4.92. The van der Waals surface area contributed by atoms with Crippen LogP contribution in [0.3, 0.4) is 0 Å². The number of likely N-dealkylation sites (tertiary alicyclic amines) is 1. The van der Waals surface area contributed by atoms with Gasteiger partial charge in [-0.1, -0.05) is 0 Å².